The molecule has 7 N–H and O–H groups in total. The number of H-pyrrole nitrogens is 1. The molecule has 1 aromatic heterocycles. The standard InChI is InChI=1S/C23H23FN4O7/c1-3-28(2)16-10-5-7-4-8-12(18(30)15-9(14(8)24)6-26-27-15)17(29)11(7)20(32)23(10,35)21(33)13(19(16)31)22(25)34/h6-7,10,16,30-32,35H,3-5H2,1-2H3,(H2,25,34)(H,26,27)/t7-,10-,16-,23-/m0/s1. The smallest absolute Gasteiger partial charge is 0.255 e. The van der Waals surface area contributed by atoms with Gasteiger partial charge < -0.3 is 26.2 Å². The van der Waals surface area contributed by atoms with E-state index in [-0.39, 0.29) is 34.9 Å². The fraction of sp³-hybridized carbons (Fsp3) is 0.391. The van der Waals surface area contributed by atoms with Crippen molar-refractivity contribution in [2.75, 3.05) is 13.6 Å². The average molecular weight is 486 g/mol. The van der Waals surface area contributed by atoms with Gasteiger partial charge in [0.15, 0.2) is 17.1 Å². The largest absolute Gasteiger partial charge is 0.510 e. The number of ketones is 2. The molecular formula is C23H23FN4O7. The van der Waals surface area contributed by atoms with Crippen LogP contribution in [0.1, 0.15) is 29.3 Å². The molecule has 0 fully saturated rings. The van der Waals surface area contributed by atoms with Crippen molar-refractivity contribution >= 4 is 28.4 Å². The van der Waals surface area contributed by atoms with Crippen molar-refractivity contribution in [3.8, 4) is 5.75 Å². The number of nitrogens with zero attached hydrogens (tertiary/aromatic N) is 2. The number of benzene rings is 1. The van der Waals surface area contributed by atoms with Gasteiger partial charge in [0.05, 0.1) is 23.2 Å². The first-order valence-corrected chi connectivity index (χ1v) is 11.0. The van der Waals surface area contributed by atoms with Crippen molar-refractivity contribution in [3.63, 3.8) is 0 Å². The van der Waals surface area contributed by atoms with Crippen LogP contribution in [-0.2, 0) is 16.0 Å². The quantitative estimate of drug-likeness (QED) is 0.336. The normalized spacial score (nSPS) is 28.4. The van der Waals surface area contributed by atoms with E-state index in [1.165, 1.54) is 6.20 Å². The summed E-state index contributed by atoms with van der Waals surface area (Å²) in [5.41, 5.74) is 0.770. The molecule has 4 atom stereocenters. The summed E-state index contributed by atoms with van der Waals surface area (Å²) in [4.78, 5) is 40.4. The van der Waals surface area contributed by atoms with E-state index in [1.807, 2.05) is 0 Å². The zero-order valence-corrected chi connectivity index (χ0v) is 18.8. The first kappa shape index (κ1) is 23.0. The number of carbonyl (C=O) groups excluding carboxylic acids is 3. The fourth-order valence-corrected chi connectivity index (χ4v) is 5.87. The molecule has 0 bridgehead atoms. The lowest BCUT2D eigenvalue weighted by Crippen LogP contribution is -2.64. The highest BCUT2D eigenvalue weighted by Gasteiger charge is 2.63. The lowest BCUT2D eigenvalue weighted by atomic mass is 9.58. The first-order valence-electron chi connectivity index (χ1n) is 11.0. The lowest BCUT2D eigenvalue weighted by molar-refractivity contribution is -0.148. The van der Waals surface area contributed by atoms with Gasteiger partial charge in [0.1, 0.15) is 28.4 Å². The third kappa shape index (κ3) is 2.71. The maximum absolute atomic E-state index is 15.3. The number of amides is 1. The predicted octanol–water partition coefficient (Wildman–Crippen LogP) is 0.526. The molecule has 35 heavy (non-hydrogen) atoms. The van der Waals surface area contributed by atoms with Crippen LogP contribution in [0.15, 0.2) is 28.9 Å². The Morgan fingerprint density at radius 2 is 2.03 bits per heavy atom. The number of fused-ring (bicyclic) bond motifs is 4. The summed E-state index contributed by atoms with van der Waals surface area (Å²) in [6.45, 7) is 2.07. The monoisotopic (exact) mass is 486 g/mol. The Morgan fingerprint density at radius 1 is 1.34 bits per heavy atom. The van der Waals surface area contributed by atoms with Crippen molar-refractivity contribution in [3.05, 3.63) is 45.8 Å². The second-order valence-electron chi connectivity index (χ2n) is 9.25. The van der Waals surface area contributed by atoms with E-state index in [4.69, 9.17) is 5.73 Å². The van der Waals surface area contributed by atoms with Crippen LogP contribution in [-0.4, -0.2) is 78.2 Å². The number of aromatic amines is 1. The van der Waals surface area contributed by atoms with Crippen LogP contribution in [0.4, 0.5) is 4.39 Å². The molecule has 184 valence electrons. The van der Waals surface area contributed by atoms with Crippen molar-refractivity contribution in [2.45, 2.75) is 31.4 Å². The molecule has 5 rings (SSSR count). The molecular weight excluding hydrogens is 463 g/mol. The molecule has 2 aromatic rings. The number of aliphatic hydroxyl groups excluding tert-OH is 2. The number of likely N-dealkylation sites (N-methyl/N-ethyl adjacent to an activating group) is 1. The number of hydrogen-bond donors (Lipinski definition) is 6. The van der Waals surface area contributed by atoms with E-state index in [2.05, 4.69) is 10.2 Å². The Balaban J connectivity index is 1.77. The minimum atomic E-state index is -2.74. The summed E-state index contributed by atoms with van der Waals surface area (Å²) in [5, 5.41) is 50.5. The first-order chi connectivity index (χ1) is 16.5. The van der Waals surface area contributed by atoms with Gasteiger partial charge in [-0.05, 0) is 32.4 Å². The molecule has 0 unspecified atom stereocenters. The molecule has 1 amide bonds. The lowest BCUT2D eigenvalue weighted by Gasteiger charge is -2.50. The molecule has 0 spiro atoms. The van der Waals surface area contributed by atoms with Gasteiger partial charge >= 0.3 is 0 Å². The van der Waals surface area contributed by atoms with Crippen LogP contribution in [0, 0.1) is 17.7 Å². The molecule has 11 nitrogen and oxygen atoms in total. The number of phenolic OH excluding ortho intramolecular Hbond substituents is 1. The van der Waals surface area contributed by atoms with Gasteiger partial charge in [-0.15, -0.1) is 0 Å². The summed E-state index contributed by atoms with van der Waals surface area (Å²) in [5.74, 6) is -8.56. The summed E-state index contributed by atoms with van der Waals surface area (Å²) < 4.78 is 15.3. The fourth-order valence-electron chi connectivity index (χ4n) is 5.87. The second-order valence-corrected chi connectivity index (χ2v) is 9.25. The average Bonchev–Trinajstić information content (AvgIpc) is 3.30. The third-order valence-corrected chi connectivity index (χ3v) is 7.65. The van der Waals surface area contributed by atoms with Gasteiger partial charge in [0, 0.05) is 17.1 Å². The zero-order valence-electron chi connectivity index (χ0n) is 18.8. The number of aromatic hydroxyl groups is 1. The van der Waals surface area contributed by atoms with Gasteiger partial charge in [0.2, 0.25) is 5.78 Å². The van der Waals surface area contributed by atoms with E-state index in [0.29, 0.717) is 6.54 Å². The van der Waals surface area contributed by atoms with Gasteiger partial charge in [-0.1, -0.05) is 6.92 Å². The summed E-state index contributed by atoms with van der Waals surface area (Å²) >= 11 is 0. The number of aromatic nitrogens is 2. The SMILES string of the molecule is CCN(C)[C@@H]1C(O)=C(C(N)=O)C(=O)[C@@]2(O)C(O)=C3C(=O)c4c(c(F)c5cn[nH]c5c4O)C[C@H]3C[C@@H]12. The van der Waals surface area contributed by atoms with Crippen molar-refractivity contribution in [1.82, 2.24) is 15.1 Å². The van der Waals surface area contributed by atoms with Crippen LogP contribution in [0.3, 0.4) is 0 Å². The molecule has 1 heterocycles. The topological polar surface area (TPSA) is 190 Å². The number of carbonyl (C=O) groups is 3. The van der Waals surface area contributed by atoms with Crippen LogP contribution in [0.5, 0.6) is 5.75 Å². The number of nitrogens with two attached hydrogens (primary N) is 1. The maximum atomic E-state index is 15.3. The van der Waals surface area contributed by atoms with E-state index in [9.17, 15) is 34.8 Å². The van der Waals surface area contributed by atoms with Crippen molar-refractivity contribution in [1.29, 1.82) is 0 Å². The van der Waals surface area contributed by atoms with Crippen LogP contribution in [0.2, 0.25) is 0 Å². The Bertz CT molecular complexity index is 1410. The Labute approximate surface area is 197 Å². The minimum Gasteiger partial charge on any atom is -0.510 e. The Morgan fingerprint density at radius 3 is 2.66 bits per heavy atom. The highest BCUT2D eigenvalue weighted by molar-refractivity contribution is 6.25. The number of rotatable bonds is 3. The van der Waals surface area contributed by atoms with Crippen molar-refractivity contribution < 1.29 is 39.2 Å². The number of halogens is 1. The molecule has 1 aromatic carbocycles. The third-order valence-electron chi connectivity index (χ3n) is 7.65. The van der Waals surface area contributed by atoms with Crippen molar-refractivity contribution in [2.24, 2.45) is 17.6 Å². The number of allylic oxidation sites excluding steroid dienone is 1. The Kier molecular flexibility index (Phi) is 4.84. The number of aliphatic hydroxyl groups is 3. The number of primary amides is 1. The van der Waals surface area contributed by atoms with Crippen LogP contribution >= 0.6 is 0 Å². The minimum absolute atomic E-state index is 0.0128. The molecule has 0 saturated heterocycles. The zero-order chi connectivity index (χ0) is 25.6. The van der Waals surface area contributed by atoms with Crippen LogP contribution in [0.25, 0.3) is 10.9 Å². The molecule has 3 aliphatic carbocycles. The van der Waals surface area contributed by atoms with E-state index < -0.39 is 75.2 Å². The second kappa shape index (κ2) is 7.36. The Hall–Kier alpha value is -3.77. The highest BCUT2D eigenvalue weighted by Crippen LogP contribution is 2.53. The molecule has 0 aliphatic heterocycles. The number of phenols is 1. The number of nitrogens with one attached hydrogen (secondary N) is 1. The van der Waals surface area contributed by atoms with Gasteiger partial charge in [-0.25, -0.2) is 4.39 Å². The van der Waals surface area contributed by atoms with E-state index in [1.54, 1.807) is 18.9 Å². The number of Topliss-reactive ketones (excluding diaryl/α,β-unsaturated/α-hetero) is 2. The van der Waals surface area contributed by atoms with Gasteiger partial charge in [-0.2, -0.15) is 5.10 Å². The number of hydrogen-bond acceptors (Lipinski definition) is 9. The summed E-state index contributed by atoms with van der Waals surface area (Å²) in [6, 6.07) is -1.10. The predicted molar refractivity (Wildman–Crippen MR) is 118 cm³/mol. The van der Waals surface area contributed by atoms with E-state index in [0.717, 1.165) is 0 Å². The summed E-state index contributed by atoms with van der Waals surface area (Å²) in [6.07, 6.45) is 0.941. The van der Waals surface area contributed by atoms with E-state index >= 15 is 4.39 Å². The van der Waals surface area contributed by atoms with Gasteiger partial charge in [-0.3, -0.25) is 24.4 Å². The van der Waals surface area contributed by atoms with Crippen LogP contribution < -0.4 is 5.73 Å². The molecule has 0 saturated carbocycles. The molecule has 12 heteroatoms. The molecule has 0 radical (unpaired) electrons. The van der Waals surface area contributed by atoms with Gasteiger partial charge in [0.25, 0.3) is 5.91 Å². The summed E-state index contributed by atoms with van der Waals surface area (Å²) in [7, 11) is 1.58. The maximum Gasteiger partial charge on any atom is 0.255 e. The highest BCUT2D eigenvalue weighted by atomic mass is 19.1. The molecule has 3 aliphatic rings.